The number of hydrogen-bond donors (Lipinski definition) is 1. The van der Waals surface area contributed by atoms with Crippen LogP contribution in [0.4, 0.5) is 5.82 Å². The van der Waals surface area contributed by atoms with Gasteiger partial charge in [0, 0.05) is 21.5 Å². The fraction of sp³-hybridized carbons (Fsp3) is 0.0769. The van der Waals surface area contributed by atoms with Gasteiger partial charge in [0.15, 0.2) is 0 Å². The van der Waals surface area contributed by atoms with E-state index in [1.807, 2.05) is 31.2 Å². The molecule has 0 spiro atoms. The monoisotopic (exact) mass is 243 g/mol. The van der Waals surface area contributed by atoms with E-state index in [0.29, 0.717) is 10.8 Å². The van der Waals surface area contributed by atoms with Crippen LogP contribution in [0.3, 0.4) is 0 Å². The number of nitrogens with zero attached hydrogens (tertiary/aromatic N) is 2. The van der Waals surface area contributed by atoms with Crippen molar-refractivity contribution in [2.75, 3.05) is 5.73 Å². The van der Waals surface area contributed by atoms with Crippen molar-refractivity contribution in [2.45, 2.75) is 6.92 Å². The van der Waals surface area contributed by atoms with Crippen molar-refractivity contribution in [3.8, 4) is 0 Å². The van der Waals surface area contributed by atoms with Crippen molar-refractivity contribution in [3.05, 3.63) is 41.0 Å². The zero-order valence-electron chi connectivity index (χ0n) is 9.24. The Balaban J connectivity index is 2.59. The summed E-state index contributed by atoms with van der Waals surface area (Å²) in [6, 6.07) is 9.41. The van der Waals surface area contributed by atoms with Gasteiger partial charge in [0.25, 0.3) is 0 Å². The molecule has 0 bridgehead atoms. The maximum atomic E-state index is 6.01. The van der Waals surface area contributed by atoms with E-state index in [-0.39, 0.29) is 0 Å². The second-order valence-electron chi connectivity index (χ2n) is 4.01. The molecule has 2 heterocycles. The van der Waals surface area contributed by atoms with Crippen LogP contribution < -0.4 is 5.73 Å². The third-order valence-electron chi connectivity index (χ3n) is 2.77. The lowest BCUT2D eigenvalue weighted by molar-refractivity contribution is 1.26. The van der Waals surface area contributed by atoms with Crippen LogP contribution in [0.1, 0.15) is 5.69 Å². The Morgan fingerprint density at radius 3 is 2.71 bits per heavy atom. The average molecular weight is 244 g/mol. The maximum absolute atomic E-state index is 6.01. The summed E-state index contributed by atoms with van der Waals surface area (Å²) in [5.74, 6) is 0.502. The topological polar surface area (TPSA) is 51.8 Å². The molecule has 0 aliphatic heterocycles. The van der Waals surface area contributed by atoms with Crippen LogP contribution in [0, 0.1) is 6.92 Å². The highest BCUT2D eigenvalue weighted by molar-refractivity contribution is 6.31. The molecule has 0 amide bonds. The van der Waals surface area contributed by atoms with Gasteiger partial charge >= 0.3 is 0 Å². The van der Waals surface area contributed by atoms with E-state index in [2.05, 4.69) is 9.97 Å². The molecule has 17 heavy (non-hydrogen) atoms. The highest BCUT2D eigenvalue weighted by Crippen LogP contribution is 2.28. The van der Waals surface area contributed by atoms with Gasteiger partial charge in [0.05, 0.1) is 11.0 Å². The molecule has 3 nitrogen and oxygen atoms in total. The van der Waals surface area contributed by atoms with Crippen molar-refractivity contribution in [3.63, 3.8) is 0 Å². The number of nitrogens with two attached hydrogens (primary N) is 1. The molecule has 0 fully saturated rings. The Kier molecular flexibility index (Phi) is 2.16. The molecule has 3 rings (SSSR count). The smallest absolute Gasteiger partial charge is 0.133 e. The normalized spacial score (nSPS) is 11.2. The fourth-order valence-electron chi connectivity index (χ4n) is 1.95. The van der Waals surface area contributed by atoms with Crippen molar-refractivity contribution in [1.82, 2.24) is 9.97 Å². The quantitative estimate of drug-likeness (QED) is 0.616. The van der Waals surface area contributed by atoms with Crippen LogP contribution in [0.25, 0.3) is 21.8 Å². The fourth-order valence-corrected chi connectivity index (χ4v) is 2.13. The summed E-state index contributed by atoms with van der Waals surface area (Å²) in [5.41, 5.74) is 8.55. The molecule has 0 saturated heterocycles. The van der Waals surface area contributed by atoms with E-state index in [4.69, 9.17) is 17.3 Å². The molecular formula is C13H10ClN3. The number of pyridine rings is 2. The largest absolute Gasteiger partial charge is 0.383 e. The van der Waals surface area contributed by atoms with Gasteiger partial charge in [-0.05, 0) is 37.3 Å². The standard InChI is InChI=1S/C13H10ClN3/c1-7-2-4-9-12(16-7)10-6-8(14)3-5-11(10)17-13(9)15/h2-6H,1H3,(H2,15,17). The summed E-state index contributed by atoms with van der Waals surface area (Å²) < 4.78 is 0. The molecule has 0 aliphatic rings. The van der Waals surface area contributed by atoms with E-state index < -0.39 is 0 Å². The van der Waals surface area contributed by atoms with Gasteiger partial charge in [-0.2, -0.15) is 0 Å². The summed E-state index contributed by atoms with van der Waals surface area (Å²) >= 11 is 6.01. The predicted octanol–water partition coefficient (Wildman–Crippen LogP) is 3.33. The van der Waals surface area contributed by atoms with Crippen LogP contribution in [0.2, 0.25) is 5.02 Å². The SMILES string of the molecule is Cc1ccc2c(N)nc3ccc(Cl)cc3c2n1. The van der Waals surface area contributed by atoms with Crippen molar-refractivity contribution in [2.24, 2.45) is 0 Å². The average Bonchev–Trinajstić information content (AvgIpc) is 2.30. The number of fused-ring (bicyclic) bond motifs is 3. The van der Waals surface area contributed by atoms with Crippen LogP contribution in [0.15, 0.2) is 30.3 Å². The minimum atomic E-state index is 0.502. The van der Waals surface area contributed by atoms with Crippen molar-refractivity contribution >= 4 is 39.2 Å². The molecule has 0 radical (unpaired) electrons. The Hall–Kier alpha value is -1.87. The molecule has 0 saturated carbocycles. The second-order valence-corrected chi connectivity index (χ2v) is 4.44. The van der Waals surface area contributed by atoms with Gasteiger partial charge in [0.2, 0.25) is 0 Å². The Labute approximate surface area is 103 Å². The molecule has 3 aromatic rings. The summed E-state index contributed by atoms with van der Waals surface area (Å²) in [7, 11) is 0. The van der Waals surface area contributed by atoms with Crippen LogP contribution >= 0.6 is 11.6 Å². The molecule has 2 aromatic heterocycles. The predicted molar refractivity (Wildman–Crippen MR) is 71.2 cm³/mol. The van der Waals surface area contributed by atoms with Crippen LogP contribution in [-0.2, 0) is 0 Å². The number of rotatable bonds is 0. The van der Waals surface area contributed by atoms with Gasteiger partial charge in [-0.25, -0.2) is 4.98 Å². The summed E-state index contributed by atoms with van der Waals surface area (Å²) in [4.78, 5) is 8.88. The summed E-state index contributed by atoms with van der Waals surface area (Å²) in [6.45, 7) is 1.95. The Morgan fingerprint density at radius 2 is 1.88 bits per heavy atom. The third-order valence-corrected chi connectivity index (χ3v) is 3.00. The number of aromatic nitrogens is 2. The van der Waals surface area contributed by atoms with Crippen molar-refractivity contribution in [1.29, 1.82) is 0 Å². The Morgan fingerprint density at radius 1 is 1.06 bits per heavy atom. The second kappa shape index (κ2) is 3.57. The van der Waals surface area contributed by atoms with Gasteiger partial charge in [0.1, 0.15) is 5.82 Å². The zero-order valence-corrected chi connectivity index (χ0v) is 9.99. The van der Waals surface area contributed by atoms with E-state index >= 15 is 0 Å². The first-order chi connectivity index (χ1) is 8.15. The summed E-state index contributed by atoms with van der Waals surface area (Å²) in [5, 5.41) is 2.48. The number of aryl methyl sites for hydroxylation is 1. The molecule has 84 valence electrons. The van der Waals surface area contributed by atoms with Gasteiger partial charge in [-0.1, -0.05) is 11.6 Å². The Bertz CT molecular complexity index is 737. The maximum Gasteiger partial charge on any atom is 0.133 e. The minimum Gasteiger partial charge on any atom is -0.383 e. The number of nitrogen functional groups attached to an aromatic ring is 1. The molecule has 4 heteroatoms. The zero-order chi connectivity index (χ0) is 12.0. The molecule has 0 unspecified atom stereocenters. The van der Waals surface area contributed by atoms with E-state index in [1.54, 1.807) is 6.07 Å². The molecule has 2 N–H and O–H groups in total. The van der Waals surface area contributed by atoms with Gasteiger partial charge in [-0.3, -0.25) is 4.98 Å². The molecular weight excluding hydrogens is 234 g/mol. The number of benzene rings is 1. The first-order valence-corrected chi connectivity index (χ1v) is 5.65. The minimum absolute atomic E-state index is 0.502. The number of hydrogen-bond acceptors (Lipinski definition) is 3. The molecule has 1 aromatic carbocycles. The third kappa shape index (κ3) is 1.59. The number of anilines is 1. The van der Waals surface area contributed by atoms with E-state index in [1.165, 1.54) is 0 Å². The molecule has 0 atom stereocenters. The molecule has 0 aliphatic carbocycles. The lowest BCUT2D eigenvalue weighted by Crippen LogP contribution is -1.95. The van der Waals surface area contributed by atoms with Crippen molar-refractivity contribution < 1.29 is 0 Å². The first kappa shape index (κ1) is 10.3. The first-order valence-electron chi connectivity index (χ1n) is 5.27. The van der Waals surface area contributed by atoms with Crippen LogP contribution in [0.5, 0.6) is 0 Å². The van der Waals surface area contributed by atoms with E-state index in [0.717, 1.165) is 27.5 Å². The van der Waals surface area contributed by atoms with Gasteiger partial charge < -0.3 is 5.73 Å². The van der Waals surface area contributed by atoms with E-state index in [9.17, 15) is 0 Å². The van der Waals surface area contributed by atoms with Gasteiger partial charge in [-0.15, -0.1) is 0 Å². The number of halogens is 1. The summed E-state index contributed by atoms with van der Waals surface area (Å²) in [6.07, 6.45) is 0. The van der Waals surface area contributed by atoms with Crippen LogP contribution in [-0.4, -0.2) is 9.97 Å². The highest BCUT2D eigenvalue weighted by Gasteiger charge is 2.07. The lowest BCUT2D eigenvalue weighted by atomic mass is 10.1. The lowest BCUT2D eigenvalue weighted by Gasteiger charge is -2.06. The highest BCUT2D eigenvalue weighted by atomic mass is 35.5.